The molecule has 538 valence electrons. The summed E-state index contributed by atoms with van der Waals surface area (Å²) in [5, 5.41) is 76.8. The van der Waals surface area contributed by atoms with E-state index < -0.39 is 74.2 Å². The highest BCUT2D eigenvalue weighted by atomic mass is 16.7. The first-order valence-corrected chi connectivity index (χ1v) is 40.4. The monoisotopic (exact) mass is 1280 g/mol. The van der Waals surface area contributed by atoms with Gasteiger partial charge in [-0.2, -0.15) is 0 Å². The molecule has 1 amide bonds. The molecular weight excluding hydrogens is 1120 g/mol. The minimum atomic E-state index is -1.66. The first-order chi connectivity index (χ1) is 44.2. The van der Waals surface area contributed by atoms with Crippen LogP contribution in [0.25, 0.3) is 0 Å². The number of rotatable bonds is 73. The van der Waals surface area contributed by atoms with Crippen LogP contribution in [0.2, 0.25) is 0 Å². The Balaban J connectivity index is 2.10. The van der Waals surface area contributed by atoms with Crippen LogP contribution in [0.3, 0.4) is 0 Å². The number of aliphatic hydroxyl groups is 7. The molecule has 0 aromatic rings. The Kier molecular flexibility index (Phi) is 65.9. The van der Waals surface area contributed by atoms with Crippen LogP contribution in [-0.4, -0.2) is 110 Å². The van der Waals surface area contributed by atoms with Crippen molar-refractivity contribution < 1.29 is 50.0 Å². The summed E-state index contributed by atoms with van der Waals surface area (Å²) in [6.07, 6.45) is 73.7. The second-order valence-electron chi connectivity index (χ2n) is 28.9. The molecule has 1 rings (SSSR count). The summed E-state index contributed by atoms with van der Waals surface area (Å²) in [6.45, 7) is 3.54. The van der Waals surface area contributed by atoms with Gasteiger partial charge in [0.25, 0.3) is 0 Å². The average Bonchev–Trinajstić information content (AvgIpc) is 1.44. The lowest BCUT2D eigenvalue weighted by Crippen LogP contribution is -2.60. The van der Waals surface area contributed by atoms with Gasteiger partial charge in [0, 0.05) is 0 Å². The fourth-order valence-corrected chi connectivity index (χ4v) is 13.7. The van der Waals surface area contributed by atoms with Crippen molar-refractivity contribution in [2.75, 3.05) is 13.2 Å². The van der Waals surface area contributed by atoms with Gasteiger partial charge in [0.2, 0.25) is 5.91 Å². The summed E-state index contributed by atoms with van der Waals surface area (Å²) in [7, 11) is 0. The van der Waals surface area contributed by atoms with Gasteiger partial charge in [0.1, 0.15) is 36.6 Å². The summed E-state index contributed by atoms with van der Waals surface area (Å²) >= 11 is 0. The average molecular weight is 1280 g/mol. The molecule has 11 heteroatoms. The molecule has 0 aliphatic carbocycles. The minimum Gasteiger partial charge on any atom is -0.394 e. The van der Waals surface area contributed by atoms with Crippen LogP contribution < -0.4 is 5.32 Å². The lowest BCUT2D eigenvalue weighted by molar-refractivity contribution is -0.303. The van der Waals surface area contributed by atoms with E-state index in [-0.39, 0.29) is 6.42 Å². The normalized spacial score (nSPS) is 18.3. The van der Waals surface area contributed by atoms with Crippen LogP contribution in [0.5, 0.6) is 0 Å². The number of hydrogen-bond donors (Lipinski definition) is 8. The van der Waals surface area contributed by atoms with E-state index >= 15 is 0 Å². The van der Waals surface area contributed by atoms with E-state index in [9.17, 15) is 40.5 Å². The Hall–Kier alpha value is -0.890. The van der Waals surface area contributed by atoms with E-state index in [1.807, 2.05) is 0 Å². The van der Waals surface area contributed by atoms with E-state index in [0.29, 0.717) is 19.3 Å². The number of hydrogen-bond acceptors (Lipinski definition) is 10. The zero-order valence-corrected chi connectivity index (χ0v) is 59.9. The number of aliphatic hydroxyl groups excluding tert-OH is 7. The number of ether oxygens (including phenoxy) is 2. The fourth-order valence-electron chi connectivity index (χ4n) is 13.7. The lowest BCUT2D eigenvalue weighted by atomic mass is 9.98. The van der Waals surface area contributed by atoms with E-state index in [1.54, 1.807) is 0 Å². The third kappa shape index (κ3) is 54.3. The summed E-state index contributed by atoms with van der Waals surface area (Å²) in [5.41, 5.74) is 0. The Morgan fingerprint density at radius 3 is 0.822 bits per heavy atom. The van der Waals surface area contributed by atoms with Crippen molar-refractivity contribution >= 4 is 5.91 Å². The molecule has 8 N–H and O–H groups in total. The minimum absolute atomic E-state index is 0.268. The van der Waals surface area contributed by atoms with Crippen molar-refractivity contribution in [3.8, 4) is 0 Å². The zero-order valence-electron chi connectivity index (χ0n) is 59.9. The zero-order chi connectivity index (χ0) is 65.3. The molecule has 0 bridgehead atoms. The van der Waals surface area contributed by atoms with Crippen LogP contribution in [0, 0.1) is 0 Å². The molecule has 9 unspecified atom stereocenters. The molecule has 9 atom stereocenters. The highest BCUT2D eigenvalue weighted by Gasteiger charge is 2.44. The van der Waals surface area contributed by atoms with Gasteiger partial charge in [-0.3, -0.25) is 4.79 Å². The summed E-state index contributed by atoms with van der Waals surface area (Å²) in [5.74, 6) is -0.685. The maximum Gasteiger partial charge on any atom is 0.249 e. The Labute approximate surface area is 558 Å². The van der Waals surface area contributed by atoms with E-state index in [4.69, 9.17) is 9.47 Å². The largest absolute Gasteiger partial charge is 0.394 e. The maximum atomic E-state index is 13.3. The molecule has 0 spiro atoms. The van der Waals surface area contributed by atoms with Gasteiger partial charge in [0.05, 0.1) is 25.4 Å². The van der Waals surface area contributed by atoms with E-state index in [0.717, 1.165) is 38.5 Å². The molecule has 0 aromatic heterocycles. The number of nitrogens with one attached hydrogen (secondary N) is 1. The topological polar surface area (TPSA) is 189 Å². The van der Waals surface area contributed by atoms with Gasteiger partial charge in [0.15, 0.2) is 6.29 Å². The van der Waals surface area contributed by atoms with Crippen molar-refractivity contribution in [2.24, 2.45) is 0 Å². The summed E-state index contributed by atoms with van der Waals surface area (Å²) < 4.78 is 11.2. The molecule has 11 nitrogen and oxygen atoms in total. The second kappa shape index (κ2) is 68.1. The van der Waals surface area contributed by atoms with Gasteiger partial charge in [-0.1, -0.05) is 418 Å². The van der Waals surface area contributed by atoms with Gasteiger partial charge >= 0.3 is 0 Å². The molecule has 0 aromatic carbocycles. The predicted octanol–water partition coefficient (Wildman–Crippen LogP) is 20.8. The van der Waals surface area contributed by atoms with Crippen LogP contribution in [0.1, 0.15) is 431 Å². The van der Waals surface area contributed by atoms with Crippen molar-refractivity contribution in [2.45, 2.75) is 486 Å². The fraction of sp³-hybridized carbons (Fsp3) is 0.987. The van der Waals surface area contributed by atoms with Crippen LogP contribution in [0.4, 0.5) is 0 Å². The molecule has 1 fully saturated rings. The number of amides is 1. The Morgan fingerprint density at radius 2 is 0.578 bits per heavy atom. The van der Waals surface area contributed by atoms with E-state index in [2.05, 4.69) is 19.2 Å². The Morgan fingerprint density at radius 1 is 0.344 bits per heavy atom. The third-order valence-electron chi connectivity index (χ3n) is 20.2. The molecule has 0 saturated carbocycles. The van der Waals surface area contributed by atoms with Crippen LogP contribution >= 0.6 is 0 Å². The van der Waals surface area contributed by atoms with Gasteiger partial charge in [-0.25, -0.2) is 0 Å². The Bertz CT molecular complexity index is 1420. The number of carbonyl (C=O) groups excluding carboxylic acids is 1. The summed E-state index contributed by atoms with van der Waals surface area (Å²) in [6, 6.07) is -1.17. The molecule has 90 heavy (non-hydrogen) atoms. The van der Waals surface area contributed by atoms with Crippen LogP contribution in [-0.2, 0) is 14.3 Å². The SMILES string of the molecule is CCCCCCCCCCCCCCCCCCCCCCCCCCCCCCCCCCCCCCC(O)C(=O)NC(COC1OC(CO)C(O)C(O)C1O)C(O)C(O)CCCCCCCCCCCCCCCCCCCCCCCCCCCCC. The van der Waals surface area contributed by atoms with Crippen molar-refractivity contribution in [1.29, 1.82) is 0 Å². The van der Waals surface area contributed by atoms with Crippen molar-refractivity contribution in [3.05, 3.63) is 0 Å². The number of unbranched alkanes of at least 4 members (excludes halogenated alkanes) is 61. The molecule has 1 aliphatic heterocycles. The predicted molar refractivity (Wildman–Crippen MR) is 381 cm³/mol. The van der Waals surface area contributed by atoms with Gasteiger partial charge < -0.3 is 50.5 Å². The smallest absolute Gasteiger partial charge is 0.249 e. The highest BCUT2D eigenvalue weighted by molar-refractivity contribution is 5.80. The highest BCUT2D eigenvalue weighted by Crippen LogP contribution is 2.25. The summed E-state index contributed by atoms with van der Waals surface area (Å²) in [4.78, 5) is 13.3. The van der Waals surface area contributed by atoms with Crippen molar-refractivity contribution in [3.63, 3.8) is 0 Å². The molecule has 1 heterocycles. The first-order valence-electron chi connectivity index (χ1n) is 40.4. The van der Waals surface area contributed by atoms with Crippen molar-refractivity contribution in [1.82, 2.24) is 5.32 Å². The number of carbonyl (C=O) groups is 1. The maximum absolute atomic E-state index is 13.3. The van der Waals surface area contributed by atoms with Gasteiger partial charge in [-0.05, 0) is 12.8 Å². The van der Waals surface area contributed by atoms with Crippen LogP contribution in [0.15, 0.2) is 0 Å². The third-order valence-corrected chi connectivity index (χ3v) is 20.2. The molecule has 0 radical (unpaired) electrons. The molecular formula is C79H157NO10. The first kappa shape index (κ1) is 87.1. The van der Waals surface area contributed by atoms with Gasteiger partial charge in [-0.15, -0.1) is 0 Å². The quantitative estimate of drug-likeness (QED) is 0.0272. The second-order valence-corrected chi connectivity index (χ2v) is 28.9. The molecule has 1 aliphatic rings. The lowest BCUT2D eigenvalue weighted by Gasteiger charge is -2.40. The van der Waals surface area contributed by atoms with E-state index in [1.165, 1.54) is 353 Å². The standard InChI is InChI=1S/C79H157NO10/c1-3-5-7-9-11-13-15-17-19-21-23-25-27-29-31-32-33-34-35-36-37-38-39-41-43-45-47-49-51-53-55-57-59-61-63-65-67-72(83)78(88)80-70(69-89-79-77(87)76(86)75(85)73(68-81)90-79)74(84)71(82)66-64-62-60-58-56-54-52-50-48-46-44-42-40-30-28-26-24-22-20-18-16-14-12-10-8-6-4-2/h70-77,79,81-87H,3-69H2,1-2H3,(H,80,88). The molecule has 1 saturated heterocycles.